The minimum atomic E-state index is -3.37. The van der Waals surface area contributed by atoms with Crippen LogP contribution in [0.5, 0.6) is 0 Å². The Morgan fingerprint density at radius 2 is 2.11 bits per heavy atom. The lowest BCUT2D eigenvalue weighted by atomic mass is 10.1. The summed E-state index contributed by atoms with van der Waals surface area (Å²) < 4.78 is 32.7. The summed E-state index contributed by atoms with van der Waals surface area (Å²) in [5.41, 5.74) is 0. The Hall–Kier alpha value is -0.470. The largest absolute Gasteiger partial charge is 0.381 e. The van der Waals surface area contributed by atoms with E-state index < -0.39 is 10.0 Å². The summed E-state index contributed by atoms with van der Waals surface area (Å²) in [4.78, 5) is 1.02. The molecule has 0 amide bonds. The first-order chi connectivity index (χ1) is 8.62. The number of hydrogen-bond donors (Lipinski definition) is 2. The van der Waals surface area contributed by atoms with Gasteiger partial charge < -0.3 is 10.1 Å². The Morgan fingerprint density at radius 3 is 2.78 bits per heavy atom. The van der Waals surface area contributed by atoms with E-state index in [9.17, 15) is 8.42 Å². The van der Waals surface area contributed by atoms with Gasteiger partial charge in [0.1, 0.15) is 4.21 Å². The van der Waals surface area contributed by atoms with Gasteiger partial charge in [-0.25, -0.2) is 13.1 Å². The highest BCUT2D eigenvalue weighted by Gasteiger charge is 2.23. The molecule has 1 aliphatic heterocycles. The van der Waals surface area contributed by atoms with Crippen molar-refractivity contribution in [2.24, 2.45) is 0 Å². The van der Waals surface area contributed by atoms with Gasteiger partial charge in [0.25, 0.3) is 0 Å². The van der Waals surface area contributed by atoms with E-state index >= 15 is 0 Å². The number of hydrogen-bond acceptors (Lipinski definition) is 5. The van der Waals surface area contributed by atoms with E-state index in [1.807, 2.05) is 13.1 Å². The van der Waals surface area contributed by atoms with Crippen molar-refractivity contribution in [3.05, 3.63) is 17.0 Å². The molecule has 0 unspecified atom stereocenters. The topological polar surface area (TPSA) is 67.4 Å². The number of thiophene rings is 1. The van der Waals surface area contributed by atoms with E-state index in [1.54, 1.807) is 6.07 Å². The van der Waals surface area contributed by atoms with Gasteiger partial charge in [0, 0.05) is 30.7 Å². The molecule has 1 fully saturated rings. The lowest BCUT2D eigenvalue weighted by Crippen LogP contribution is -2.38. The number of nitrogens with one attached hydrogen (secondary N) is 2. The minimum Gasteiger partial charge on any atom is -0.381 e. The monoisotopic (exact) mass is 290 g/mol. The zero-order valence-electron chi connectivity index (χ0n) is 10.3. The Morgan fingerprint density at radius 1 is 1.39 bits per heavy atom. The van der Waals surface area contributed by atoms with Gasteiger partial charge in [-0.15, -0.1) is 11.3 Å². The maximum Gasteiger partial charge on any atom is 0.250 e. The van der Waals surface area contributed by atoms with Gasteiger partial charge in [-0.2, -0.15) is 0 Å². The van der Waals surface area contributed by atoms with E-state index in [0.29, 0.717) is 24.0 Å². The van der Waals surface area contributed by atoms with Crippen molar-refractivity contribution < 1.29 is 13.2 Å². The summed E-state index contributed by atoms with van der Waals surface area (Å²) in [6.07, 6.45) is 1.49. The highest BCUT2D eigenvalue weighted by molar-refractivity contribution is 7.91. The summed E-state index contributed by atoms with van der Waals surface area (Å²) in [6.45, 7) is 1.95. The summed E-state index contributed by atoms with van der Waals surface area (Å²) in [5.74, 6) is 0. The Balaban J connectivity index is 2.04. The maximum absolute atomic E-state index is 12.2. The second kappa shape index (κ2) is 6.12. The summed E-state index contributed by atoms with van der Waals surface area (Å²) in [7, 11) is -1.53. The fourth-order valence-corrected chi connectivity index (χ4v) is 4.55. The molecule has 2 N–H and O–H groups in total. The van der Waals surface area contributed by atoms with Gasteiger partial charge in [-0.1, -0.05) is 0 Å². The molecule has 5 nitrogen and oxygen atoms in total. The first kappa shape index (κ1) is 14.0. The van der Waals surface area contributed by atoms with Crippen LogP contribution in [0.15, 0.2) is 16.3 Å². The van der Waals surface area contributed by atoms with Crippen LogP contribution in [-0.4, -0.2) is 34.7 Å². The lowest BCUT2D eigenvalue weighted by Gasteiger charge is -2.22. The molecule has 0 spiro atoms. The van der Waals surface area contributed by atoms with E-state index in [0.717, 1.165) is 17.7 Å². The molecule has 18 heavy (non-hydrogen) atoms. The fourth-order valence-electron chi connectivity index (χ4n) is 1.86. The summed E-state index contributed by atoms with van der Waals surface area (Å²) in [5, 5.41) is 3.01. The Labute approximate surface area is 112 Å². The molecular formula is C11H18N2O3S2. The molecule has 7 heteroatoms. The first-order valence-electron chi connectivity index (χ1n) is 5.95. The normalized spacial score (nSPS) is 18.1. The predicted octanol–water partition coefficient (Wildman–Crippen LogP) is 0.925. The molecule has 2 heterocycles. The van der Waals surface area contributed by atoms with Crippen molar-refractivity contribution >= 4 is 21.4 Å². The van der Waals surface area contributed by atoms with E-state index in [-0.39, 0.29) is 6.04 Å². The van der Waals surface area contributed by atoms with Gasteiger partial charge in [0.2, 0.25) is 10.0 Å². The molecule has 1 aromatic rings. The highest BCUT2D eigenvalue weighted by Crippen LogP contribution is 2.22. The number of ether oxygens (including phenoxy) is 1. The molecular weight excluding hydrogens is 272 g/mol. The standard InChI is InChI=1S/C11H18N2O3S2/c1-12-8-10-2-3-11(17-10)18(14,15)13-9-4-6-16-7-5-9/h2-3,9,12-13H,4-8H2,1H3. The molecule has 0 aliphatic carbocycles. The zero-order chi connectivity index (χ0) is 13.0. The molecule has 0 radical (unpaired) electrons. The van der Waals surface area contributed by atoms with Crippen molar-refractivity contribution in [1.29, 1.82) is 0 Å². The van der Waals surface area contributed by atoms with Crippen molar-refractivity contribution in [3.63, 3.8) is 0 Å². The number of rotatable bonds is 5. The predicted molar refractivity (Wildman–Crippen MR) is 71.2 cm³/mol. The molecule has 0 atom stereocenters. The van der Waals surface area contributed by atoms with Crippen molar-refractivity contribution in [2.75, 3.05) is 20.3 Å². The molecule has 1 aromatic heterocycles. The average Bonchev–Trinajstić information content (AvgIpc) is 2.80. The molecule has 2 rings (SSSR count). The van der Waals surface area contributed by atoms with Gasteiger partial charge >= 0.3 is 0 Å². The Bertz CT molecular complexity index is 478. The van der Waals surface area contributed by atoms with Crippen LogP contribution in [0.25, 0.3) is 0 Å². The quantitative estimate of drug-likeness (QED) is 0.846. The molecule has 1 saturated heterocycles. The average molecular weight is 290 g/mol. The van der Waals surface area contributed by atoms with Crippen LogP contribution in [-0.2, 0) is 21.3 Å². The van der Waals surface area contributed by atoms with Crippen LogP contribution >= 0.6 is 11.3 Å². The third kappa shape index (κ3) is 3.52. The van der Waals surface area contributed by atoms with Gasteiger partial charge in [0.05, 0.1) is 0 Å². The van der Waals surface area contributed by atoms with Crippen molar-refractivity contribution in [2.45, 2.75) is 29.6 Å². The van der Waals surface area contributed by atoms with E-state index in [2.05, 4.69) is 10.0 Å². The molecule has 0 aromatic carbocycles. The van der Waals surface area contributed by atoms with E-state index in [1.165, 1.54) is 11.3 Å². The van der Waals surface area contributed by atoms with Gasteiger partial charge in [0.15, 0.2) is 0 Å². The van der Waals surface area contributed by atoms with Gasteiger partial charge in [-0.3, -0.25) is 0 Å². The molecule has 102 valence electrons. The molecule has 1 aliphatic rings. The molecule has 0 bridgehead atoms. The summed E-state index contributed by atoms with van der Waals surface area (Å²) >= 11 is 1.31. The van der Waals surface area contributed by atoms with Crippen LogP contribution < -0.4 is 10.0 Å². The third-order valence-corrected chi connectivity index (χ3v) is 5.89. The van der Waals surface area contributed by atoms with Gasteiger partial charge in [-0.05, 0) is 32.0 Å². The second-order valence-electron chi connectivity index (χ2n) is 4.26. The smallest absolute Gasteiger partial charge is 0.250 e. The van der Waals surface area contributed by atoms with Crippen LogP contribution in [0.1, 0.15) is 17.7 Å². The minimum absolute atomic E-state index is 0.00130. The first-order valence-corrected chi connectivity index (χ1v) is 8.25. The molecule has 0 saturated carbocycles. The van der Waals surface area contributed by atoms with Crippen LogP contribution in [0, 0.1) is 0 Å². The SMILES string of the molecule is CNCc1ccc(S(=O)(=O)NC2CCOCC2)s1. The van der Waals surface area contributed by atoms with E-state index in [4.69, 9.17) is 4.74 Å². The zero-order valence-corrected chi connectivity index (χ0v) is 11.9. The lowest BCUT2D eigenvalue weighted by molar-refractivity contribution is 0.0832. The highest BCUT2D eigenvalue weighted by atomic mass is 32.2. The van der Waals surface area contributed by atoms with Crippen LogP contribution in [0.3, 0.4) is 0 Å². The number of sulfonamides is 1. The van der Waals surface area contributed by atoms with Crippen LogP contribution in [0.4, 0.5) is 0 Å². The second-order valence-corrected chi connectivity index (χ2v) is 7.37. The fraction of sp³-hybridized carbons (Fsp3) is 0.636. The van der Waals surface area contributed by atoms with Crippen molar-refractivity contribution in [3.8, 4) is 0 Å². The van der Waals surface area contributed by atoms with Crippen LogP contribution in [0.2, 0.25) is 0 Å². The summed E-state index contributed by atoms with van der Waals surface area (Å²) in [6, 6.07) is 3.51. The Kier molecular flexibility index (Phi) is 4.74. The maximum atomic E-state index is 12.2. The third-order valence-electron chi connectivity index (χ3n) is 2.80. The van der Waals surface area contributed by atoms with Crippen molar-refractivity contribution in [1.82, 2.24) is 10.0 Å².